The van der Waals surface area contributed by atoms with Crippen LogP contribution in [0.4, 0.5) is 8.78 Å². The molecule has 0 aromatic rings. The number of fused-ring (bicyclic) bond motifs is 5. The van der Waals surface area contributed by atoms with Crippen molar-refractivity contribution in [1.82, 2.24) is 0 Å². The van der Waals surface area contributed by atoms with Crippen molar-refractivity contribution in [3.63, 3.8) is 0 Å². The molecule has 4 rings (SSSR count). The summed E-state index contributed by atoms with van der Waals surface area (Å²) < 4.78 is 30.6. The Balaban J connectivity index is 1.70. The second-order valence-electron chi connectivity index (χ2n) is 12.3. The van der Waals surface area contributed by atoms with Gasteiger partial charge in [-0.2, -0.15) is 0 Å². The Bertz CT molecular complexity index is 739. The van der Waals surface area contributed by atoms with Crippen LogP contribution >= 0.6 is 0 Å². The maximum Gasteiger partial charge on any atom is 0.303 e. The predicted octanol–water partition coefficient (Wildman–Crippen LogP) is 5.71. The van der Waals surface area contributed by atoms with E-state index in [1.54, 1.807) is 0 Å². The largest absolute Gasteiger partial charge is 0.481 e. The summed E-state index contributed by atoms with van der Waals surface area (Å²) in [5.74, 6) is -7.37. The van der Waals surface area contributed by atoms with Gasteiger partial charge in [-0.1, -0.05) is 27.7 Å². The second kappa shape index (κ2) is 7.90. The van der Waals surface area contributed by atoms with Gasteiger partial charge in [-0.3, -0.25) is 4.79 Å². The van der Waals surface area contributed by atoms with Crippen LogP contribution in [0.3, 0.4) is 0 Å². The van der Waals surface area contributed by atoms with Crippen molar-refractivity contribution in [3.05, 3.63) is 0 Å². The smallest absolute Gasteiger partial charge is 0.303 e. The van der Waals surface area contributed by atoms with Crippen LogP contribution in [-0.2, 0) is 4.79 Å². The van der Waals surface area contributed by atoms with Gasteiger partial charge in [0.05, 0.1) is 0 Å². The standard InChI is InChI=1S/C26H42F2O4/c1-5-16-22-24(4,12-6-13-25(22,27)28)19-11-14-23(3)17(15(2)7-10-20(29)30)8-9-18(23)21(19)26(16,31)32/h15-19,21-22,31-32H,5-14H2,1-4H3,(H,29,30)/t15-,16-,17-,18+,19+,21+,22+,23-,24-/m1/s1. The van der Waals surface area contributed by atoms with Crippen molar-refractivity contribution in [3.8, 4) is 0 Å². The Kier molecular flexibility index (Phi) is 6.02. The first-order valence-corrected chi connectivity index (χ1v) is 12.8. The normalized spacial score (nSPS) is 47.8. The summed E-state index contributed by atoms with van der Waals surface area (Å²) in [6, 6.07) is 0. The third kappa shape index (κ3) is 3.37. The van der Waals surface area contributed by atoms with Crippen LogP contribution < -0.4 is 0 Å². The number of carboxylic acid groups (broad SMARTS) is 1. The van der Waals surface area contributed by atoms with Gasteiger partial charge in [0.15, 0.2) is 5.79 Å². The van der Waals surface area contributed by atoms with E-state index in [0.717, 1.165) is 32.1 Å². The van der Waals surface area contributed by atoms with Gasteiger partial charge in [-0.05, 0) is 85.9 Å². The van der Waals surface area contributed by atoms with Gasteiger partial charge in [0.2, 0.25) is 0 Å². The third-order valence-corrected chi connectivity index (χ3v) is 11.0. The van der Waals surface area contributed by atoms with Crippen LogP contribution in [0.5, 0.6) is 0 Å². The Labute approximate surface area is 191 Å². The van der Waals surface area contributed by atoms with Crippen LogP contribution in [0, 0.1) is 52.3 Å². The van der Waals surface area contributed by atoms with Crippen LogP contribution in [0.25, 0.3) is 0 Å². The topological polar surface area (TPSA) is 77.8 Å². The molecule has 4 nitrogen and oxygen atoms in total. The Morgan fingerprint density at radius 1 is 1.03 bits per heavy atom. The summed E-state index contributed by atoms with van der Waals surface area (Å²) in [7, 11) is 0. The van der Waals surface area contributed by atoms with Gasteiger partial charge < -0.3 is 15.3 Å². The molecule has 0 amide bonds. The molecule has 184 valence electrons. The summed E-state index contributed by atoms with van der Waals surface area (Å²) in [5.41, 5.74) is -0.676. The number of hydrogen-bond acceptors (Lipinski definition) is 3. The van der Waals surface area contributed by atoms with E-state index < -0.39 is 40.8 Å². The average molecular weight is 457 g/mol. The van der Waals surface area contributed by atoms with Gasteiger partial charge in [0.25, 0.3) is 5.92 Å². The fourth-order valence-corrected chi connectivity index (χ4v) is 9.70. The molecule has 9 atom stereocenters. The van der Waals surface area contributed by atoms with E-state index in [4.69, 9.17) is 5.11 Å². The first kappa shape index (κ1) is 24.4. The molecule has 4 aliphatic carbocycles. The first-order valence-electron chi connectivity index (χ1n) is 12.8. The van der Waals surface area contributed by atoms with Gasteiger partial charge in [0, 0.05) is 30.6 Å². The van der Waals surface area contributed by atoms with E-state index in [9.17, 15) is 15.0 Å². The first-order chi connectivity index (χ1) is 14.8. The van der Waals surface area contributed by atoms with E-state index in [1.165, 1.54) is 0 Å². The lowest BCUT2D eigenvalue weighted by atomic mass is 9.40. The fraction of sp³-hybridized carbons (Fsp3) is 0.962. The molecular weight excluding hydrogens is 414 g/mol. The molecule has 0 spiro atoms. The Morgan fingerprint density at radius 3 is 2.31 bits per heavy atom. The van der Waals surface area contributed by atoms with Gasteiger partial charge in [-0.15, -0.1) is 0 Å². The SMILES string of the molecule is CC[C@@H]1[C@@H]2C(F)(F)CCC[C@]2(C)[C@H]2CC[C@]3(C)[C@@H]([C@H](C)CCC(=O)O)CC[C@H]3[C@@H]2C1(O)O. The van der Waals surface area contributed by atoms with Crippen LogP contribution in [0.1, 0.15) is 91.9 Å². The summed E-state index contributed by atoms with van der Waals surface area (Å²) >= 11 is 0. The summed E-state index contributed by atoms with van der Waals surface area (Å²) in [4.78, 5) is 11.1. The fourth-order valence-electron chi connectivity index (χ4n) is 9.70. The second-order valence-corrected chi connectivity index (χ2v) is 12.3. The molecular formula is C26H42F2O4. The highest BCUT2D eigenvalue weighted by molar-refractivity contribution is 5.66. The average Bonchev–Trinajstić information content (AvgIpc) is 3.04. The number of hydrogen-bond donors (Lipinski definition) is 3. The zero-order chi connectivity index (χ0) is 23.7. The number of alkyl halides is 2. The van der Waals surface area contributed by atoms with E-state index in [1.807, 2.05) is 13.8 Å². The van der Waals surface area contributed by atoms with Crippen LogP contribution in [0.2, 0.25) is 0 Å². The molecule has 0 aromatic carbocycles. The third-order valence-electron chi connectivity index (χ3n) is 11.0. The van der Waals surface area contributed by atoms with Crippen molar-refractivity contribution in [2.45, 2.75) is 104 Å². The van der Waals surface area contributed by atoms with Crippen LogP contribution in [0.15, 0.2) is 0 Å². The van der Waals surface area contributed by atoms with E-state index in [2.05, 4.69) is 13.8 Å². The summed E-state index contributed by atoms with van der Waals surface area (Å²) in [6.07, 6.45) is 5.69. The summed E-state index contributed by atoms with van der Waals surface area (Å²) in [5, 5.41) is 32.4. The molecule has 3 N–H and O–H groups in total. The molecule has 4 saturated carbocycles. The molecule has 0 aromatic heterocycles. The predicted molar refractivity (Wildman–Crippen MR) is 118 cm³/mol. The Hall–Kier alpha value is -0.750. The zero-order valence-corrected chi connectivity index (χ0v) is 20.1. The molecule has 6 heteroatoms. The van der Waals surface area contributed by atoms with E-state index in [0.29, 0.717) is 25.2 Å². The molecule has 0 heterocycles. The van der Waals surface area contributed by atoms with Crippen molar-refractivity contribution in [2.24, 2.45) is 52.3 Å². The molecule has 0 aliphatic heterocycles. The molecule has 0 saturated heterocycles. The number of carbonyl (C=O) groups is 1. The number of carboxylic acids is 1. The molecule has 0 radical (unpaired) electrons. The highest BCUT2D eigenvalue weighted by Crippen LogP contribution is 2.72. The molecule has 32 heavy (non-hydrogen) atoms. The minimum absolute atomic E-state index is 0.0795. The number of rotatable bonds is 5. The molecule has 0 bridgehead atoms. The van der Waals surface area contributed by atoms with E-state index >= 15 is 8.78 Å². The number of halogens is 2. The number of aliphatic hydroxyl groups is 2. The molecule has 4 aliphatic rings. The lowest BCUT2D eigenvalue weighted by Gasteiger charge is -2.67. The van der Waals surface area contributed by atoms with Crippen LogP contribution in [-0.4, -0.2) is 33.0 Å². The van der Waals surface area contributed by atoms with Crippen molar-refractivity contribution < 1.29 is 28.9 Å². The molecule has 4 fully saturated rings. The quantitative estimate of drug-likeness (QED) is 0.463. The van der Waals surface area contributed by atoms with Crippen molar-refractivity contribution in [1.29, 1.82) is 0 Å². The maximum absolute atomic E-state index is 15.3. The minimum atomic E-state index is -2.86. The lowest BCUT2D eigenvalue weighted by molar-refractivity contribution is -0.359. The maximum atomic E-state index is 15.3. The highest BCUT2D eigenvalue weighted by atomic mass is 19.3. The van der Waals surface area contributed by atoms with Gasteiger partial charge in [0.1, 0.15) is 0 Å². The monoisotopic (exact) mass is 456 g/mol. The van der Waals surface area contributed by atoms with Crippen molar-refractivity contribution >= 4 is 5.97 Å². The van der Waals surface area contributed by atoms with E-state index in [-0.39, 0.29) is 36.0 Å². The summed E-state index contributed by atoms with van der Waals surface area (Å²) in [6.45, 7) is 8.23. The molecule has 0 unspecified atom stereocenters. The van der Waals surface area contributed by atoms with Gasteiger partial charge >= 0.3 is 5.97 Å². The van der Waals surface area contributed by atoms with Gasteiger partial charge in [-0.25, -0.2) is 8.78 Å². The minimum Gasteiger partial charge on any atom is -0.481 e. The van der Waals surface area contributed by atoms with Crippen molar-refractivity contribution in [2.75, 3.05) is 0 Å². The zero-order valence-electron chi connectivity index (χ0n) is 20.1. The highest BCUT2D eigenvalue weighted by Gasteiger charge is 2.73. The number of aliphatic carboxylic acids is 1. The Morgan fingerprint density at radius 2 is 1.69 bits per heavy atom. The lowest BCUT2D eigenvalue weighted by Crippen LogP contribution is -2.70.